The zero-order chi connectivity index (χ0) is 10.2. The van der Waals surface area contributed by atoms with Crippen LogP contribution in [0.5, 0.6) is 0 Å². The molecule has 0 aromatic heterocycles. The van der Waals surface area contributed by atoms with Gasteiger partial charge in [-0.1, -0.05) is 15.9 Å². The molecule has 0 aliphatic carbocycles. The average Bonchev–Trinajstić information content (AvgIpc) is 2.07. The van der Waals surface area contributed by atoms with Crippen molar-refractivity contribution in [1.29, 1.82) is 0 Å². The summed E-state index contributed by atoms with van der Waals surface area (Å²) in [7, 11) is 0. The first-order valence-corrected chi connectivity index (χ1v) is 4.74. The van der Waals surface area contributed by atoms with Gasteiger partial charge in [0, 0.05) is 16.1 Å². The Morgan fingerprint density at radius 3 is 2.31 bits per heavy atom. The van der Waals surface area contributed by atoms with Gasteiger partial charge in [0.25, 0.3) is 0 Å². The molecule has 72 valence electrons. The van der Waals surface area contributed by atoms with Crippen LogP contribution in [0.4, 0.5) is 5.69 Å². The predicted octanol–water partition coefficient (Wildman–Crippen LogP) is 1.78. The number of hydrogen-bond acceptors (Lipinski definition) is 2. The Labute approximate surface area is 85.7 Å². The lowest BCUT2D eigenvalue weighted by Crippen LogP contribution is -2.99. The van der Waals surface area contributed by atoms with E-state index in [9.17, 15) is 5.21 Å². The maximum Gasteiger partial charge on any atom is 0.168 e. The maximum absolute atomic E-state index is 10.8. The summed E-state index contributed by atoms with van der Waals surface area (Å²) in [6.45, 7) is 5.68. The summed E-state index contributed by atoms with van der Waals surface area (Å²) < 4.78 is 0.893. The molecule has 4 heteroatoms. The lowest BCUT2D eigenvalue weighted by molar-refractivity contribution is -0.991. The van der Waals surface area contributed by atoms with E-state index in [1.807, 2.05) is 13.8 Å². The summed E-state index contributed by atoms with van der Waals surface area (Å²) in [5.74, 6) is 0. The molecule has 1 rings (SSSR count). The van der Waals surface area contributed by atoms with E-state index >= 15 is 0 Å². The fourth-order valence-corrected chi connectivity index (χ4v) is 1.75. The van der Waals surface area contributed by atoms with Crippen LogP contribution in [0.15, 0.2) is 10.5 Å². The smallest absolute Gasteiger partial charge is 0.168 e. The van der Waals surface area contributed by atoms with Gasteiger partial charge in [-0.15, -0.1) is 0 Å². The maximum atomic E-state index is 10.8. The Morgan fingerprint density at radius 1 is 1.31 bits per heavy atom. The van der Waals surface area contributed by atoms with E-state index in [1.165, 1.54) is 0 Å². The molecule has 0 radical (unpaired) electrons. The van der Waals surface area contributed by atoms with Crippen molar-refractivity contribution < 1.29 is 10.4 Å². The predicted molar refractivity (Wildman–Crippen MR) is 54.1 cm³/mol. The molecule has 0 bridgehead atoms. The van der Waals surface area contributed by atoms with Crippen LogP contribution in [0, 0.1) is 26.0 Å². The van der Waals surface area contributed by atoms with E-state index in [4.69, 9.17) is 5.21 Å². The third-order valence-electron chi connectivity index (χ3n) is 2.25. The van der Waals surface area contributed by atoms with Crippen molar-refractivity contribution in [3.05, 3.63) is 32.4 Å². The highest BCUT2D eigenvalue weighted by Gasteiger charge is 2.12. The van der Waals surface area contributed by atoms with E-state index in [2.05, 4.69) is 15.9 Å². The molecule has 0 saturated heterocycles. The Kier molecular flexibility index (Phi) is 3.08. The monoisotopic (exact) mass is 245 g/mol. The molecule has 1 aromatic rings. The third kappa shape index (κ3) is 1.91. The van der Waals surface area contributed by atoms with Gasteiger partial charge in [0.15, 0.2) is 5.69 Å². The summed E-state index contributed by atoms with van der Waals surface area (Å²) in [4.78, 5) is 0. The lowest BCUT2D eigenvalue weighted by atomic mass is 10.1. The minimum Gasteiger partial charge on any atom is -0.595 e. The zero-order valence-corrected chi connectivity index (χ0v) is 9.40. The molecule has 0 aliphatic rings. The van der Waals surface area contributed by atoms with Crippen LogP contribution < -0.4 is 5.23 Å². The molecular formula is C9H12BrNO2. The minimum absolute atomic E-state index is 0.370. The van der Waals surface area contributed by atoms with Gasteiger partial charge >= 0.3 is 0 Å². The number of hydrogen-bond donors (Lipinski definition) is 2. The van der Waals surface area contributed by atoms with E-state index in [-0.39, 0.29) is 0 Å². The van der Waals surface area contributed by atoms with Crippen LogP contribution in [-0.4, -0.2) is 5.21 Å². The van der Waals surface area contributed by atoms with Gasteiger partial charge in [-0.25, -0.2) is 5.21 Å². The molecule has 0 aliphatic heterocycles. The van der Waals surface area contributed by atoms with E-state index in [1.54, 1.807) is 13.0 Å². The van der Waals surface area contributed by atoms with Crippen molar-refractivity contribution in [1.82, 2.24) is 0 Å². The normalized spacial score (nSPS) is 13.1. The molecular weight excluding hydrogens is 234 g/mol. The molecule has 0 amide bonds. The van der Waals surface area contributed by atoms with Crippen LogP contribution in [0.1, 0.15) is 16.7 Å². The average molecular weight is 246 g/mol. The fraction of sp³-hybridized carbons (Fsp3) is 0.333. The first-order valence-electron chi connectivity index (χ1n) is 3.94. The van der Waals surface area contributed by atoms with Crippen molar-refractivity contribution in [3.8, 4) is 0 Å². The Hall–Kier alpha value is -0.420. The second kappa shape index (κ2) is 3.75. The molecule has 0 fully saturated rings. The SMILES string of the molecule is Cc1cc([NH+]([O-])O)c(C)c(Br)c1C. The Bertz CT molecular complexity index is 337. The molecule has 3 nitrogen and oxygen atoms in total. The number of benzene rings is 1. The van der Waals surface area contributed by atoms with Crippen molar-refractivity contribution in [2.24, 2.45) is 0 Å². The van der Waals surface area contributed by atoms with Crippen molar-refractivity contribution in [2.45, 2.75) is 20.8 Å². The molecule has 1 atom stereocenters. The standard InChI is InChI=1S/C9H12BrNO2/c1-5-4-8(11(12)13)7(3)9(10)6(5)2/h4,11-12H,1-3H3. The van der Waals surface area contributed by atoms with Gasteiger partial charge in [-0.3, -0.25) is 0 Å². The van der Waals surface area contributed by atoms with Gasteiger partial charge < -0.3 is 5.21 Å². The number of halogens is 1. The van der Waals surface area contributed by atoms with E-state index in [0.717, 1.165) is 21.2 Å². The number of nitrogens with one attached hydrogen (secondary N) is 1. The summed E-state index contributed by atoms with van der Waals surface area (Å²) in [6, 6.07) is 1.71. The largest absolute Gasteiger partial charge is 0.595 e. The van der Waals surface area contributed by atoms with Gasteiger partial charge in [0.05, 0.1) is 0 Å². The zero-order valence-electron chi connectivity index (χ0n) is 7.81. The summed E-state index contributed by atoms with van der Waals surface area (Å²) in [5.41, 5.74) is 3.25. The first-order chi connectivity index (χ1) is 5.95. The Morgan fingerprint density at radius 2 is 1.85 bits per heavy atom. The first kappa shape index (κ1) is 10.7. The van der Waals surface area contributed by atoms with Crippen LogP contribution >= 0.6 is 15.9 Å². The van der Waals surface area contributed by atoms with Crippen molar-refractivity contribution >= 4 is 21.6 Å². The van der Waals surface area contributed by atoms with Crippen LogP contribution in [0.25, 0.3) is 0 Å². The highest BCUT2D eigenvalue weighted by atomic mass is 79.9. The number of rotatable bonds is 1. The van der Waals surface area contributed by atoms with Crippen LogP contribution in [0.3, 0.4) is 0 Å². The molecule has 13 heavy (non-hydrogen) atoms. The van der Waals surface area contributed by atoms with Crippen molar-refractivity contribution in [3.63, 3.8) is 0 Å². The van der Waals surface area contributed by atoms with Gasteiger partial charge in [0.1, 0.15) is 0 Å². The summed E-state index contributed by atoms with van der Waals surface area (Å²) >= 11 is 3.39. The quantitative estimate of drug-likeness (QED) is 0.742. The summed E-state index contributed by atoms with van der Waals surface area (Å²) in [6.07, 6.45) is 0. The lowest BCUT2D eigenvalue weighted by Gasteiger charge is -2.17. The molecule has 1 unspecified atom stereocenters. The fourth-order valence-electron chi connectivity index (χ4n) is 1.23. The van der Waals surface area contributed by atoms with E-state index < -0.39 is 5.23 Å². The third-order valence-corrected chi connectivity index (χ3v) is 3.43. The van der Waals surface area contributed by atoms with E-state index in [0.29, 0.717) is 5.69 Å². The molecule has 0 spiro atoms. The van der Waals surface area contributed by atoms with Crippen LogP contribution in [0.2, 0.25) is 0 Å². The molecule has 1 aromatic carbocycles. The number of aryl methyl sites for hydroxylation is 1. The topological polar surface area (TPSA) is 47.7 Å². The minimum atomic E-state index is -0.874. The highest BCUT2D eigenvalue weighted by Crippen LogP contribution is 2.27. The second-order valence-corrected chi connectivity index (χ2v) is 3.90. The highest BCUT2D eigenvalue weighted by molar-refractivity contribution is 9.10. The number of quaternary nitrogens is 1. The van der Waals surface area contributed by atoms with Crippen molar-refractivity contribution in [2.75, 3.05) is 0 Å². The second-order valence-electron chi connectivity index (χ2n) is 3.11. The molecule has 0 heterocycles. The Balaban J connectivity index is 3.41. The van der Waals surface area contributed by atoms with Gasteiger partial charge in [0.2, 0.25) is 0 Å². The van der Waals surface area contributed by atoms with Gasteiger partial charge in [-0.05, 0) is 31.9 Å². The summed E-state index contributed by atoms with van der Waals surface area (Å²) in [5, 5.41) is 18.8. The van der Waals surface area contributed by atoms with Gasteiger partial charge in [-0.2, -0.15) is 5.23 Å². The molecule has 2 N–H and O–H groups in total. The van der Waals surface area contributed by atoms with Crippen LogP contribution in [-0.2, 0) is 0 Å². The molecule has 0 saturated carbocycles.